The molecule has 2 rings (SSSR count). The molecule has 0 aliphatic carbocycles. The van der Waals surface area contributed by atoms with Crippen LogP contribution in [-0.4, -0.2) is 15.5 Å². The Balaban J connectivity index is 0.00000112. The number of aliphatic carboxylic acids is 1. The molecule has 2 aromatic rings. The molecule has 0 bridgehead atoms. The summed E-state index contributed by atoms with van der Waals surface area (Å²) in [5, 5.41) is 10.5. The van der Waals surface area contributed by atoms with Crippen LogP contribution in [0, 0.1) is 6.92 Å². The SMILES string of the molecule is Cc1nc2ccccc2n1CC(=O)[O-].[K+]. The Morgan fingerprint density at radius 3 is 2.80 bits per heavy atom. The van der Waals surface area contributed by atoms with Crippen LogP contribution < -0.4 is 56.5 Å². The number of carbonyl (C=O) groups is 1. The van der Waals surface area contributed by atoms with E-state index in [9.17, 15) is 9.90 Å². The Kier molecular flexibility index (Phi) is 4.48. The van der Waals surface area contributed by atoms with Gasteiger partial charge in [0.1, 0.15) is 5.82 Å². The van der Waals surface area contributed by atoms with Gasteiger partial charge in [0.25, 0.3) is 0 Å². The van der Waals surface area contributed by atoms with Gasteiger partial charge in [0.2, 0.25) is 0 Å². The molecule has 0 unspecified atom stereocenters. The number of aryl methyl sites for hydroxylation is 1. The van der Waals surface area contributed by atoms with Crippen LogP contribution in [0.3, 0.4) is 0 Å². The molecule has 0 fully saturated rings. The van der Waals surface area contributed by atoms with E-state index in [1.54, 1.807) is 11.5 Å². The number of carboxylic acids is 1. The molecule has 15 heavy (non-hydrogen) atoms. The molecule has 0 spiro atoms. The van der Waals surface area contributed by atoms with Crippen molar-refractivity contribution >= 4 is 17.0 Å². The van der Waals surface area contributed by atoms with E-state index in [0.29, 0.717) is 5.82 Å². The first-order chi connectivity index (χ1) is 6.68. The monoisotopic (exact) mass is 228 g/mol. The number of carbonyl (C=O) groups excluding carboxylic acids is 1. The van der Waals surface area contributed by atoms with Crippen molar-refractivity contribution in [3.63, 3.8) is 0 Å². The third-order valence-corrected chi connectivity index (χ3v) is 2.13. The first-order valence-electron chi connectivity index (χ1n) is 4.30. The molecule has 1 heterocycles. The van der Waals surface area contributed by atoms with Gasteiger partial charge in [0, 0.05) is 0 Å². The second kappa shape index (κ2) is 5.22. The van der Waals surface area contributed by atoms with Gasteiger partial charge in [-0.2, -0.15) is 0 Å². The zero-order chi connectivity index (χ0) is 10.1. The molecule has 0 amide bonds. The summed E-state index contributed by atoms with van der Waals surface area (Å²) in [7, 11) is 0. The van der Waals surface area contributed by atoms with Crippen molar-refractivity contribution in [2.24, 2.45) is 0 Å². The smallest absolute Gasteiger partial charge is 0.548 e. The minimum atomic E-state index is -1.10. The van der Waals surface area contributed by atoms with E-state index in [0.717, 1.165) is 11.0 Å². The van der Waals surface area contributed by atoms with Gasteiger partial charge < -0.3 is 14.5 Å². The van der Waals surface area contributed by atoms with E-state index < -0.39 is 5.97 Å². The number of hydrogen-bond acceptors (Lipinski definition) is 3. The van der Waals surface area contributed by atoms with Crippen LogP contribution in [0.15, 0.2) is 24.3 Å². The summed E-state index contributed by atoms with van der Waals surface area (Å²) in [6.45, 7) is 1.63. The second-order valence-corrected chi connectivity index (χ2v) is 3.11. The molecular formula is C10H9KN2O2. The Morgan fingerprint density at radius 1 is 1.47 bits per heavy atom. The van der Waals surface area contributed by atoms with E-state index in [1.165, 1.54) is 0 Å². The summed E-state index contributed by atoms with van der Waals surface area (Å²) >= 11 is 0. The molecule has 0 atom stereocenters. The van der Waals surface area contributed by atoms with Crippen molar-refractivity contribution in [1.82, 2.24) is 9.55 Å². The fourth-order valence-corrected chi connectivity index (χ4v) is 1.52. The molecule has 0 radical (unpaired) electrons. The summed E-state index contributed by atoms with van der Waals surface area (Å²) in [6.07, 6.45) is 0. The Bertz CT molecular complexity index is 493. The third kappa shape index (κ3) is 2.67. The van der Waals surface area contributed by atoms with Crippen LogP contribution >= 0.6 is 0 Å². The maximum atomic E-state index is 10.5. The van der Waals surface area contributed by atoms with E-state index in [1.807, 2.05) is 24.3 Å². The predicted octanol–water partition coefficient (Wildman–Crippen LogP) is -2.90. The van der Waals surface area contributed by atoms with Gasteiger partial charge in [0.05, 0.1) is 23.5 Å². The molecule has 0 N–H and O–H groups in total. The van der Waals surface area contributed by atoms with Crippen LogP contribution in [0.5, 0.6) is 0 Å². The summed E-state index contributed by atoms with van der Waals surface area (Å²) in [6, 6.07) is 7.43. The van der Waals surface area contributed by atoms with Crippen molar-refractivity contribution in [3.05, 3.63) is 30.1 Å². The maximum absolute atomic E-state index is 10.5. The number of para-hydroxylation sites is 2. The van der Waals surface area contributed by atoms with E-state index in [4.69, 9.17) is 0 Å². The number of fused-ring (bicyclic) bond motifs is 1. The van der Waals surface area contributed by atoms with Crippen LogP contribution in [0.1, 0.15) is 5.82 Å². The zero-order valence-corrected chi connectivity index (χ0v) is 11.9. The molecule has 5 heteroatoms. The number of hydrogen-bond donors (Lipinski definition) is 0. The fourth-order valence-electron chi connectivity index (χ4n) is 1.52. The number of benzene rings is 1. The molecule has 0 aliphatic rings. The molecule has 1 aromatic carbocycles. The first kappa shape index (κ1) is 12.9. The van der Waals surface area contributed by atoms with Crippen molar-refractivity contribution in [1.29, 1.82) is 0 Å². The molecule has 4 nitrogen and oxygen atoms in total. The van der Waals surface area contributed by atoms with Gasteiger partial charge >= 0.3 is 51.4 Å². The van der Waals surface area contributed by atoms with Gasteiger partial charge in [-0.05, 0) is 19.1 Å². The van der Waals surface area contributed by atoms with Gasteiger partial charge in [-0.25, -0.2) is 4.98 Å². The average Bonchev–Trinajstić information content (AvgIpc) is 2.43. The molecule has 1 aromatic heterocycles. The molecule has 0 aliphatic heterocycles. The molecule has 0 saturated heterocycles. The summed E-state index contributed by atoms with van der Waals surface area (Å²) < 4.78 is 1.63. The van der Waals surface area contributed by atoms with Crippen LogP contribution in [-0.2, 0) is 11.3 Å². The second-order valence-electron chi connectivity index (χ2n) is 3.11. The first-order valence-corrected chi connectivity index (χ1v) is 4.30. The van der Waals surface area contributed by atoms with Crippen molar-refractivity contribution < 1.29 is 61.3 Å². The van der Waals surface area contributed by atoms with E-state index in [-0.39, 0.29) is 57.9 Å². The number of carboxylic acid groups (broad SMARTS) is 1. The molecular weight excluding hydrogens is 219 g/mol. The average molecular weight is 228 g/mol. The zero-order valence-electron chi connectivity index (χ0n) is 8.73. The van der Waals surface area contributed by atoms with Crippen LogP contribution in [0.4, 0.5) is 0 Å². The third-order valence-electron chi connectivity index (χ3n) is 2.13. The van der Waals surface area contributed by atoms with Crippen molar-refractivity contribution in [2.45, 2.75) is 13.5 Å². The Morgan fingerprint density at radius 2 is 2.13 bits per heavy atom. The van der Waals surface area contributed by atoms with Crippen molar-refractivity contribution in [3.8, 4) is 0 Å². The standard InChI is InChI=1S/C10H10N2O2.K/c1-7-11-8-4-2-3-5-9(8)12(7)6-10(13)14;/h2-5H,6H2,1H3,(H,13,14);/q;+1/p-1. The topological polar surface area (TPSA) is 58.0 Å². The van der Waals surface area contributed by atoms with Gasteiger partial charge in [-0.3, -0.25) is 0 Å². The Labute approximate surface area is 130 Å². The van der Waals surface area contributed by atoms with Gasteiger partial charge in [-0.1, -0.05) is 12.1 Å². The number of rotatable bonds is 2. The maximum Gasteiger partial charge on any atom is 1.00 e. The van der Waals surface area contributed by atoms with Crippen LogP contribution in [0.2, 0.25) is 0 Å². The van der Waals surface area contributed by atoms with Crippen molar-refractivity contribution in [2.75, 3.05) is 0 Å². The number of aromatic nitrogens is 2. The van der Waals surface area contributed by atoms with Crippen LogP contribution in [0.25, 0.3) is 11.0 Å². The summed E-state index contributed by atoms with van der Waals surface area (Å²) in [5.74, 6) is -0.411. The Hall–Kier alpha value is -0.204. The normalized spacial score (nSPS) is 9.93. The van der Waals surface area contributed by atoms with Gasteiger partial charge in [0.15, 0.2) is 0 Å². The minimum absolute atomic E-state index is 0. The predicted molar refractivity (Wildman–Crippen MR) is 49.5 cm³/mol. The summed E-state index contributed by atoms with van der Waals surface area (Å²) in [4.78, 5) is 14.7. The minimum Gasteiger partial charge on any atom is -0.548 e. The largest absolute Gasteiger partial charge is 1.00 e. The summed E-state index contributed by atoms with van der Waals surface area (Å²) in [5.41, 5.74) is 1.64. The fraction of sp³-hybridized carbons (Fsp3) is 0.200. The number of nitrogens with zero attached hydrogens (tertiary/aromatic N) is 2. The number of imidazole rings is 1. The van der Waals surface area contributed by atoms with E-state index >= 15 is 0 Å². The van der Waals surface area contributed by atoms with Gasteiger partial charge in [-0.15, -0.1) is 0 Å². The quantitative estimate of drug-likeness (QED) is 0.518. The molecule has 0 saturated carbocycles. The van der Waals surface area contributed by atoms with E-state index in [2.05, 4.69) is 4.98 Å². The molecule has 72 valence electrons.